The number of hydrogen-bond acceptors (Lipinski definition) is 7. The van der Waals surface area contributed by atoms with Gasteiger partial charge in [-0.25, -0.2) is 4.79 Å². The lowest BCUT2D eigenvalue weighted by atomic mass is 9.86. The van der Waals surface area contributed by atoms with Crippen molar-refractivity contribution in [1.82, 2.24) is 10.5 Å². The van der Waals surface area contributed by atoms with Gasteiger partial charge in [-0.15, -0.1) is 0 Å². The normalized spacial score (nSPS) is 18.5. The number of carbonyl (C=O) groups is 2. The number of nitro groups is 1. The van der Waals surface area contributed by atoms with E-state index in [-0.39, 0.29) is 23.6 Å². The van der Waals surface area contributed by atoms with Gasteiger partial charge in [0.15, 0.2) is 11.2 Å². The van der Waals surface area contributed by atoms with Gasteiger partial charge in [0.25, 0.3) is 5.91 Å². The molecule has 0 radical (unpaired) electrons. The molecule has 2 aromatic rings. The van der Waals surface area contributed by atoms with Gasteiger partial charge in [-0.2, -0.15) is 0 Å². The third kappa shape index (κ3) is 3.53. The summed E-state index contributed by atoms with van der Waals surface area (Å²) in [4.78, 5) is 38.2. The van der Waals surface area contributed by atoms with Gasteiger partial charge < -0.3 is 19.5 Å². The maximum Gasteiger partial charge on any atom is 0.408 e. The number of para-hydroxylation sites is 1. The van der Waals surface area contributed by atoms with E-state index in [9.17, 15) is 19.7 Å². The highest BCUT2D eigenvalue weighted by Crippen LogP contribution is 2.43. The van der Waals surface area contributed by atoms with Crippen molar-refractivity contribution in [1.29, 1.82) is 0 Å². The van der Waals surface area contributed by atoms with E-state index in [1.54, 1.807) is 52.1 Å². The summed E-state index contributed by atoms with van der Waals surface area (Å²) < 4.78 is 10.5. The van der Waals surface area contributed by atoms with Crippen LogP contribution in [0.4, 0.5) is 16.2 Å². The Kier molecular flexibility index (Phi) is 4.81. The fourth-order valence-corrected chi connectivity index (χ4v) is 3.45. The second-order valence-electron chi connectivity index (χ2n) is 7.89. The van der Waals surface area contributed by atoms with Crippen LogP contribution in [0.3, 0.4) is 0 Å². The van der Waals surface area contributed by atoms with Gasteiger partial charge in [0.2, 0.25) is 5.76 Å². The average molecular weight is 402 g/mol. The number of anilines is 1. The minimum atomic E-state index is -1.63. The van der Waals surface area contributed by atoms with Crippen molar-refractivity contribution >= 4 is 23.4 Å². The molecule has 10 heteroatoms. The number of amides is 2. The van der Waals surface area contributed by atoms with Gasteiger partial charge >= 0.3 is 11.8 Å². The van der Waals surface area contributed by atoms with E-state index >= 15 is 0 Å². The molecule has 29 heavy (non-hydrogen) atoms. The van der Waals surface area contributed by atoms with Crippen LogP contribution in [0.25, 0.3) is 0 Å². The van der Waals surface area contributed by atoms with Gasteiger partial charge in [0, 0.05) is 18.3 Å². The van der Waals surface area contributed by atoms with Crippen molar-refractivity contribution < 1.29 is 23.8 Å². The van der Waals surface area contributed by atoms with Crippen molar-refractivity contribution in [2.45, 2.75) is 45.3 Å². The van der Waals surface area contributed by atoms with Crippen LogP contribution >= 0.6 is 0 Å². The number of aryl methyl sites for hydroxylation is 1. The van der Waals surface area contributed by atoms with Crippen LogP contribution in [0, 0.1) is 17.0 Å². The van der Waals surface area contributed by atoms with E-state index in [0.717, 1.165) is 0 Å². The molecule has 10 nitrogen and oxygen atoms in total. The summed E-state index contributed by atoms with van der Waals surface area (Å²) in [5, 5.41) is 17.8. The highest BCUT2D eigenvalue weighted by molar-refractivity contribution is 6.09. The van der Waals surface area contributed by atoms with Gasteiger partial charge in [-0.3, -0.25) is 14.9 Å². The van der Waals surface area contributed by atoms with E-state index in [1.165, 1.54) is 11.8 Å². The molecule has 0 spiro atoms. The maximum atomic E-state index is 13.3. The highest BCUT2D eigenvalue weighted by atomic mass is 16.6. The van der Waals surface area contributed by atoms with Crippen molar-refractivity contribution in [2.24, 2.45) is 0 Å². The molecule has 3 rings (SSSR count). The first-order valence-corrected chi connectivity index (χ1v) is 8.94. The second kappa shape index (κ2) is 6.87. The standard InChI is InChI=1S/C19H22N4O6/c1-11-15(23(26)27)14(29-21-11)10-19(20-17(25)28-18(2,3)4)12-8-6-7-9-13(12)22(5)16(19)24/h6-9H,10H2,1-5H3,(H,20,25)/t19-/m1/s1. The van der Waals surface area contributed by atoms with Gasteiger partial charge in [-0.1, -0.05) is 23.4 Å². The Hall–Kier alpha value is -3.43. The number of likely N-dealkylation sites (N-methyl/N-ethyl adjacent to an activating group) is 1. The first-order chi connectivity index (χ1) is 13.5. The summed E-state index contributed by atoms with van der Waals surface area (Å²) >= 11 is 0. The predicted molar refractivity (Wildman–Crippen MR) is 102 cm³/mol. The van der Waals surface area contributed by atoms with Crippen LogP contribution in [0.2, 0.25) is 0 Å². The number of alkyl carbamates (subject to hydrolysis) is 1. The molecular weight excluding hydrogens is 380 g/mol. The molecule has 0 aliphatic carbocycles. The van der Waals surface area contributed by atoms with Gasteiger partial charge in [0.05, 0.1) is 11.3 Å². The quantitative estimate of drug-likeness (QED) is 0.615. The summed E-state index contributed by atoms with van der Waals surface area (Å²) in [6.07, 6.45) is -1.11. The SMILES string of the molecule is Cc1noc(C[C@]2(NC(=O)OC(C)(C)C)C(=O)N(C)c3ccccc32)c1[N+](=O)[O-]. The molecule has 154 valence electrons. The minimum Gasteiger partial charge on any atom is -0.444 e. The van der Waals surface area contributed by atoms with Crippen LogP contribution in [0.5, 0.6) is 0 Å². The summed E-state index contributed by atoms with van der Waals surface area (Å²) in [6.45, 7) is 6.52. The molecule has 1 aromatic carbocycles. The molecule has 0 bridgehead atoms. The summed E-state index contributed by atoms with van der Waals surface area (Å²) in [7, 11) is 1.57. The Morgan fingerprint density at radius 2 is 2.03 bits per heavy atom. The first kappa shape index (κ1) is 20.3. The topological polar surface area (TPSA) is 128 Å². The fraction of sp³-hybridized carbons (Fsp3) is 0.421. The van der Waals surface area contributed by atoms with Gasteiger partial charge in [-0.05, 0) is 33.8 Å². The van der Waals surface area contributed by atoms with Crippen molar-refractivity contribution in [2.75, 3.05) is 11.9 Å². The number of ether oxygens (including phenoxy) is 1. The lowest BCUT2D eigenvalue weighted by molar-refractivity contribution is -0.386. The van der Waals surface area contributed by atoms with Crippen LogP contribution in [-0.2, 0) is 21.5 Å². The smallest absolute Gasteiger partial charge is 0.408 e. The van der Waals surface area contributed by atoms with Crippen LogP contribution in [-0.4, -0.2) is 34.7 Å². The van der Waals surface area contributed by atoms with E-state index in [4.69, 9.17) is 9.26 Å². The number of carbonyl (C=O) groups excluding carboxylic acids is 2. The molecule has 0 fully saturated rings. The van der Waals surface area contributed by atoms with Crippen molar-refractivity contribution in [3.05, 3.63) is 51.4 Å². The lowest BCUT2D eigenvalue weighted by Gasteiger charge is -2.30. The fourth-order valence-electron chi connectivity index (χ4n) is 3.45. The predicted octanol–water partition coefficient (Wildman–Crippen LogP) is 2.83. The number of aromatic nitrogens is 1. The molecule has 2 heterocycles. The zero-order chi connectivity index (χ0) is 21.6. The molecule has 1 aliphatic rings. The monoisotopic (exact) mass is 402 g/mol. The number of nitrogens with zero attached hydrogens (tertiary/aromatic N) is 3. The molecule has 0 saturated heterocycles. The molecule has 0 saturated carbocycles. The van der Waals surface area contributed by atoms with Gasteiger partial charge in [0.1, 0.15) is 5.60 Å². The molecule has 2 amide bonds. The highest BCUT2D eigenvalue weighted by Gasteiger charge is 2.53. The maximum absolute atomic E-state index is 13.3. The molecule has 1 N–H and O–H groups in total. The second-order valence-corrected chi connectivity index (χ2v) is 7.89. The van der Waals surface area contributed by atoms with E-state index in [0.29, 0.717) is 11.3 Å². The first-order valence-electron chi connectivity index (χ1n) is 8.94. The van der Waals surface area contributed by atoms with Crippen LogP contribution in [0.15, 0.2) is 28.8 Å². The minimum absolute atomic E-state index is 0.0875. The molecule has 0 unspecified atom stereocenters. The molecule has 1 atom stereocenters. The Bertz CT molecular complexity index is 993. The Morgan fingerprint density at radius 1 is 1.38 bits per heavy atom. The number of fused-ring (bicyclic) bond motifs is 1. The Labute approximate surface area is 166 Å². The zero-order valence-corrected chi connectivity index (χ0v) is 16.8. The Balaban J connectivity index is 2.13. The summed E-state index contributed by atoms with van der Waals surface area (Å²) in [5.41, 5.74) is -1.61. The summed E-state index contributed by atoms with van der Waals surface area (Å²) in [5.74, 6) is -0.574. The van der Waals surface area contributed by atoms with Crippen molar-refractivity contribution in [3.8, 4) is 0 Å². The average Bonchev–Trinajstić information content (AvgIpc) is 3.06. The largest absolute Gasteiger partial charge is 0.444 e. The lowest BCUT2D eigenvalue weighted by Crippen LogP contribution is -2.55. The molecule has 1 aliphatic heterocycles. The van der Waals surface area contributed by atoms with E-state index < -0.39 is 28.1 Å². The third-order valence-corrected chi connectivity index (χ3v) is 4.62. The number of hydrogen-bond donors (Lipinski definition) is 1. The molecule has 1 aromatic heterocycles. The number of benzene rings is 1. The van der Waals surface area contributed by atoms with Crippen molar-refractivity contribution in [3.63, 3.8) is 0 Å². The Morgan fingerprint density at radius 3 is 2.66 bits per heavy atom. The number of nitrogens with one attached hydrogen (secondary N) is 1. The third-order valence-electron chi connectivity index (χ3n) is 4.62. The molecular formula is C19H22N4O6. The van der Waals surface area contributed by atoms with Crippen LogP contribution in [0.1, 0.15) is 37.8 Å². The zero-order valence-electron chi connectivity index (χ0n) is 16.8. The van der Waals surface area contributed by atoms with E-state index in [2.05, 4.69) is 10.5 Å². The van der Waals surface area contributed by atoms with Crippen LogP contribution < -0.4 is 10.2 Å². The van der Waals surface area contributed by atoms with E-state index in [1.807, 2.05) is 0 Å². The number of rotatable bonds is 4. The summed E-state index contributed by atoms with van der Waals surface area (Å²) in [6, 6.07) is 6.89.